The van der Waals surface area contributed by atoms with Crippen LogP contribution >= 0.6 is 0 Å². The number of hydrogen-bond acceptors (Lipinski definition) is 2. The quantitative estimate of drug-likeness (QED) is 0.367. The van der Waals surface area contributed by atoms with E-state index in [1.807, 2.05) is 24.4 Å². The van der Waals surface area contributed by atoms with Crippen molar-refractivity contribution < 1.29 is 9.18 Å². The van der Waals surface area contributed by atoms with Gasteiger partial charge in [0.05, 0.1) is 0 Å². The van der Waals surface area contributed by atoms with Crippen molar-refractivity contribution in [3.63, 3.8) is 0 Å². The molecule has 3 rings (SSSR count). The Morgan fingerprint density at radius 2 is 1.90 bits per heavy atom. The van der Waals surface area contributed by atoms with Crippen LogP contribution in [0.2, 0.25) is 0 Å². The van der Waals surface area contributed by atoms with Crippen molar-refractivity contribution in [3.8, 4) is 0 Å². The Hall–Kier alpha value is -3.35. The number of carbonyl (C=O) groups excluding carboxylic acids is 1. The summed E-state index contributed by atoms with van der Waals surface area (Å²) in [6.45, 7) is 1.40. The minimum absolute atomic E-state index is 0.0858. The number of rotatable bonds is 7. The Labute approximate surface area is 169 Å². The Bertz CT molecular complexity index is 1010. The molecule has 0 spiro atoms. The normalized spacial score (nSPS) is 11.5. The monoisotopic (exact) mass is 395 g/mol. The number of nitrogens with zero attached hydrogens (tertiary/aromatic N) is 1. The van der Waals surface area contributed by atoms with Crippen molar-refractivity contribution in [3.05, 3.63) is 71.2 Å². The minimum Gasteiger partial charge on any atom is -0.361 e. The van der Waals surface area contributed by atoms with Gasteiger partial charge >= 0.3 is 0 Å². The zero-order valence-electron chi connectivity index (χ0n) is 16.7. The highest BCUT2D eigenvalue weighted by Crippen LogP contribution is 2.19. The molecule has 0 saturated heterocycles. The number of benzene rings is 2. The molecule has 0 unspecified atom stereocenters. The van der Waals surface area contributed by atoms with Crippen LogP contribution in [-0.4, -0.2) is 44.0 Å². The van der Waals surface area contributed by atoms with Gasteiger partial charge in [0.25, 0.3) is 5.91 Å². The molecule has 1 amide bonds. The van der Waals surface area contributed by atoms with Crippen molar-refractivity contribution in [1.82, 2.24) is 20.9 Å². The first kappa shape index (κ1) is 20.4. The molecule has 2 aromatic carbocycles. The molecule has 152 valence electrons. The van der Waals surface area contributed by atoms with Crippen LogP contribution in [0.15, 0.2) is 53.7 Å². The molecule has 0 atom stereocenters. The third-order valence-electron chi connectivity index (χ3n) is 4.76. The maximum atomic E-state index is 13.3. The molecule has 6 nitrogen and oxygen atoms in total. The van der Waals surface area contributed by atoms with Gasteiger partial charge in [0.1, 0.15) is 5.82 Å². The van der Waals surface area contributed by atoms with Crippen molar-refractivity contribution in [1.29, 1.82) is 0 Å². The lowest BCUT2D eigenvalue weighted by Crippen LogP contribution is -2.39. The SMILES string of the molecule is CN=C(NCCc1cccc(C(=O)NC)c1)NCCc1c[nH]c2cc(F)ccc12. The van der Waals surface area contributed by atoms with Crippen molar-refractivity contribution in [2.75, 3.05) is 27.2 Å². The third-order valence-corrected chi connectivity index (χ3v) is 4.76. The molecular weight excluding hydrogens is 369 g/mol. The van der Waals surface area contributed by atoms with E-state index in [4.69, 9.17) is 0 Å². The van der Waals surface area contributed by atoms with E-state index in [9.17, 15) is 9.18 Å². The highest BCUT2D eigenvalue weighted by molar-refractivity contribution is 5.94. The number of fused-ring (bicyclic) bond motifs is 1. The summed E-state index contributed by atoms with van der Waals surface area (Å²) < 4.78 is 13.3. The molecule has 0 bridgehead atoms. The molecule has 4 N–H and O–H groups in total. The highest BCUT2D eigenvalue weighted by atomic mass is 19.1. The Balaban J connectivity index is 1.47. The highest BCUT2D eigenvalue weighted by Gasteiger charge is 2.06. The lowest BCUT2D eigenvalue weighted by atomic mass is 10.1. The van der Waals surface area contributed by atoms with E-state index in [2.05, 4.69) is 25.9 Å². The average molecular weight is 395 g/mol. The summed E-state index contributed by atoms with van der Waals surface area (Å²) in [6.07, 6.45) is 3.49. The van der Waals surface area contributed by atoms with Crippen LogP contribution in [0.4, 0.5) is 4.39 Å². The molecule has 0 aliphatic carbocycles. The van der Waals surface area contributed by atoms with Gasteiger partial charge in [-0.15, -0.1) is 0 Å². The van der Waals surface area contributed by atoms with Crippen molar-refractivity contribution in [2.45, 2.75) is 12.8 Å². The second kappa shape index (κ2) is 9.73. The molecule has 0 radical (unpaired) electrons. The molecule has 1 heterocycles. The maximum Gasteiger partial charge on any atom is 0.251 e. The van der Waals surface area contributed by atoms with E-state index >= 15 is 0 Å². The van der Waals surface area contributed by atoms with Gasteiger partial charge in [-0.25, -0.2) is 4.39 Å². The Morgan fingerprint density at radius 1 is 1.10 bits per heavy atom. The fourth-order valence-corrected chi connectivity index (χ4v) is 3.24. The van der Waals surface area contributed by atoms with Gasteiger partial charge in [0.2, 0.25) is 0 Å². The molecule has 0 fully saturated rings. The largest absolute Gasteiger partial charge is 0.361 e. The van der Waals surface area contributed by atoms with Crippen LogP contribution in [0.3, 0.4) is 0 Å². The summed E-state index contributed by atoms with van der Waals surface area (Å²) in [7, 11) is 3.36. The van der Waals surface area contributed by atoms with Crippen LogP contribution in [0, 0.1) is 5.82 Å². The van der Waals surface area contributed by atoms with Gasteiger partial charge in [-0.2, -0.15) is 0 Å². The Kier molecular flexibility index (Phi) is 6.84. The summed E-state index contributed by atoms with van der Waals surface area (Å²) in [5, 5.41) is 10.3. The third kappa shape index (κ3) is 5.34. The standard InChI is InChI=1S/C22H26FN5O/c1-24-21(29)16-5-3-4-15(12-16)8-10-26-22(25-2)27-11-9-17-14-28-20-13-18(23)6-7-19(17)20/h3-7,12-14,28H,8-11H2,1-2H3,(H,24,29)(H2,25,26,27). The van der Waals surface area contributed by atoms with E-state index in [-0.39, 0.29) is 11.7 Å². The summed E-state index contributed by atoms with van der Waals surface area (Å²) in [4.78, 5) is 19.1. The predicted octanol–water partition coefficient (Wildman–Crippen LogP) is 2.62. The fourth-order valence-electron chi connectivity index (χ4n) is 3.24. The lowest BCUT2D eigenvalue weighted by molar-refractivity contribution is 0.0963. The molecule has 0 saturated carbocycles. The second-order valence-electron chi connectivity index (χ2n) is 6.71. The number of halogens is 1. The molecule has 1 aromatic heterocycles. The molecular formula is C22H26FN5O. The van der Waals surface area contributed by atoms with E-state index in [0.29, 0.717) is 18.7 Å². The minimum atomic E-state index is -0.241. The number of guanidine groups is 1. The van der Waals surface area contributed by atoms with Gasteiger partial charge < -0.3 is 20.9 Å². The zero-order chi connectivity index (χ0) is 20.6. The van der Waals surface area contributed by atoms with E-state index in [1.54, 1.807) is 26.2 Å². The zero-order valence-corrected chi connectivity index (χ0v) is 16.7. The van der Waals surface area contributed by atoms with Crippen LogP contribution in [-0.2, 0) is 12.8 Å². The molecule has 3 aromatic rings. The smallest absolute Gasteiger partial charge is 0.251 e. The van der Waals surface area contributed by atoms with Gasteiger partial charge in [-0.3, -0.25) is 9.79 Å². The molecule has 29 heavy (non-hydrogen) atoms. The molecule has 7 heteroatoms. The summed E-state index contributed by atoms with van der Waals surface area (Å²) in [6, 6.07) is 12.4. The van der Waals surface area contributed by atoms with Gasteiger partial charge in [0.15, 0.2) is 5.96 Å². The number of hydrogen-bond donors (Lipinski definition) is 4. The number of nitrogens with one attached hydrogen (secondary N) is 4. The first-order chi connectivity index (χ1) is 14.1. The summed E-state index contributed by atoms with van der Waals surface area (Å²) in [5.74, 6) is 0.394. The fraction of sp³-hybridized carbons (Fsp3) is 0.273. The van der Waals surface area contributed by atoms with Gasteiger partial charge in [0, 0.05) is 49.8 Å². The predicted molar refractivity (Wildman–Crippen MR) is 115 cm³/mol. The Morgan fingerprint density at radius 3 is 2.66 bits per heavy atom. The number of aromatic nitrogens is 1. The number of carbonyl (C=O) groups is 1. The number of aromatic amines is 1. The van der Waals surface area contributed by atoms with Gasteiger partial charge in [-0.1, -0.05) is 12.1 Å². The molecule has 0 aliphatic rings. The lowest BCUT2D eigenvalue weighted by Gasteiger charge is -2.12. The number of aliphatic imine (C=N–C) groups is 1. The van der Waals surface area contributed by atoms with Crippen molar-refractivity contribution >= 4 is 22.8 Å². The van der Waals surface area contributed by atoms with E-state index in [1.165, 1.54) is 12.1 Å². The topological polar surface area (TPSA) is 81.3 Å². The van der Waals surface area contributed by atoms with E-state index < -0.39 is 0 Å². The van der Waals surface area contributed by atoms with Crippen LogP contribution in [0.1, 0.15) is 21.5 Å². The average Bonchev–Trinajstić information content (AvgIpc) is 3.14. The number of amides is 1. The first-order valence-electron chi connectivity index (χ1n) is 9.61. The van der Waals surface area contributed by atoms with Crippen LogP contribution in [0.25, 0.3) is 10.9 Å². The summed E-state index contributed by atoms with van der Waals surface area (Å²) >= 11 is 0. The van der Waals surface area contributed by atoms with Crippen LogP contribution < -0.4 is 16.0 Å². The first-order valence-corrected chi connectivity index (χ1v) is 9.61. The second-order valence-corrected chi connectivity index (χ2v) is 6.71. The van der Waals surface area contributed by atoms with Crippen LogP contribution in [0.5, 0.6) is 0 Å². The maximum absolute atomic E-state index is 13.3. The van der Waals surface area contributed by atoms with Crippen molar-refractivity contribution in [2.24, 2.45) is 4.99 Å². The summed E-state index contributed by atoms with van der Waals surface area (Å²) in [5.41, 5.74) is 3.68. The van der Waals surface area contributed by atoms with Gasteiger partial charge in [-0.05, 0) is 54.3 Å². The number of H-pyrrole nitrogens is 1. The molecule has 0 aliphatic heterocycles. The van der Waals surface area contributed by atoms with E-state index in [0.717, 1.165) is 40.8 Å².